The zero-order valence-electron chi connectivity index (χ0n) is 20.9. The molecule has 2 aromatic carbocycles. The molecule has 5 rings (SSSR count). The number of Topliss-reactive ketones (excluding diaryl/α,β-unsaturated/α-hetero) is 1. The number of aromatic nitrogens is 1. The quantitative estimate of drug-likeness (QED) is 0.291. The smallest absolute Gasteiger partial charge is 0.295 e. The minimum Gasteiger partial charge on any atom is -0.391 e. The summed E-state index contributed by atoms with van der Waals surface area (Å²) in [5.74, 6) is 4.03. The van der Waals surface area contributed by atoms with Gasteiger partial charge in [-0.15, -0.1) is 0 Å². The van der Waals surface area contributed by atoms with Crippen LogP contribution in [-0.4, -0.2) is 86.9 Å². The number of amides is 2. The summed E-state index contributed by atoms with van der Waals surface area (Å²) < 4.78 is 14.4. The first-order valence-corrected chi connectivity index (χ1v) is 12.9. The van der Waals surface area contributed by atoms with Crippen molar-refractivity contribution >= 4 is 40.1 Å². The van der Waals surface area contributed by atoms with E-state index < -0.39 is 17.8 Å². The number of aliphatic hydroxyl groups is 1. The topological polar surface area (TPSA) is 112 Å². The fourth-order valence-electron chi connectivity index (χ4n) is 5.28. The van der Waals surface area contributed by atoms with Gasteiger partial charge in [0.05, 0.1) is 27.8 Å². The SMILES string of the molecule is CC1CN(Cc2ccc(F)cc2)CCN1C(=O)c1cc2c(C(=O)C(=O)N3CCC(O)C3)cn(N)c2cc1Cl. The molecule has 3 heterocycles. The van der Waals surface area contributed by atoms with Gasteiger partial charge >= 0.3 is 0 Å². The number of rotatable bonds is 5. The average Bonchev–Trinajstić information content (AvgIpc) is 3.46. The Morgan fingerprint density at radius 2 is 1.82 bits per heavy atom. The van der Waals surface area contributed by atoms with Gasteiger partial charge in [-0.05, 0) is 43.2 Å². The van der Waals surface area contributed by atoms with Gasteiger partial charge in [-0.1, -0.05) is 23.7 Å². The molecule has 2 aliphatic heterocycles. The first-order valence-electron chi connectivity index (χ1n) is 12.5. The number of ketones is 1. The number of hydrogen-bond donors (Lipinski definition) is 2. The number of carbonyl (C=O) groups excluding carboxylic acids is 3. The molecule has 3 N–H and O–H groups in total. The molecule has 2 saturated heterocycles. The van der Waals surface area contributed by atoms with Crippen LogP contribution in [0.2, 0.25) is 5.02 Å². The summed E-state index contributed by atoms with van der Waals surface area (Å²) >= 11 is 6.51. The van der Waals surface area contributed by atoms with Crippen LogP contribution in [0.1, 0.15) is 39.6 Å². The van der Waals surface area contributed by atoms with Gasteiger partial charge < -0.3 is 20.7 Å². The highest BCUT2D eigenvalue weighted by atomic mass is 35.5. The predicted octanol–water partition coefficient (Wildman–Crippen LogP) is 2.27. The maximum Gasteiger partial charge on any atom is 0.295 e. The summed E-state index contributed by atoms with van der Waals surface area (Å²) in [4.78, 5) is 44.8. The number of fused-ring (bicyclic) bond motifs is 1. The molecule has 0 radical (unpaired) electrons. The third-order valence-corrected chi connectivity index (χ3v) is 7.65. The van der Waals surface area contributed by atoms with Crippen LogP contribution >= 0.6 is 11.6 Å². The van der Waals surface area contributed by atoms with Crippen molar-refractivity contribution in [1.82, 2.24) is 19.4 Å². The molecule has 2 fully saturated rings. The van der Waals surface area contributed by atoms with E-state index in [2.05, 4.69) is 4.90 Å². The highest BCUT2D eigenvalue weighted by molar-refractivity contribution is 6.45. The summed E-state index contributed by atoms with van der Waals surface area (Å²) in [6.07, 6.45) is 1.13. The maximum atomic E-state index is 13.6. The number of aliphatic hydroxyl groups excluding tert-OH is 1. The van der Waals surface area contributed by atoms with E-state index in [9.17, 15) is 23.9 Å². The van der Waals surface area contributed by atoms with Crippen molar-refractivity contribution in [3.05, 3.63) is 70.1 Å². The lowest BCUT2D eigenvalue weighted by atomic mass is 10.0. The van der Waals surface area contributed by atoms with Crippen LogP contribution in [0.15, 0.2) is 42.6 Å². The molecule has 2 atom stereocenters. The number of likely N-dealkylation sites (tertiary alicyclic amines) is 1. The standard InChI is InChI=1S/C27H29ClFN5O4/c1-16-12-31(13-17-2-4-18(29)5-3-17)8-9-33(16)26(37)21-10-20-22(15-34(30)24(20)11-23(21)28)25(36)27(38)32-7-6-19(35)14-32/h2-5,10-11,15-16,19,35H,6-9,12-14,30H2,1H3. The van der Waals surface area contributed by atoms with Crippen molar-refractivity contribution in [3.63, 3.8) is 0 Å². The minimum atomic E-state index is -0.753. The number of nitrogens with two attached hydrogens (primary N) is 1. The van der Waals surface area contributed by atoms with E-state index in [-0.39, 0.29) is 40.5 Å². The maximum absolute atomic E-state index is 13.6. The molecule has 11 heteroatoms. The van der Waals surface area contributed by atoms with Crippen molar-refractivity contribution in [2.24, 2.45) is 0 Å². The van der Waals surface area contributed by atoms with Crippen LogP contribution in [0, 0.1) is 5.82 Å². The Hall–Kier alpha value is -3.47. The summed E-state index contributed by atoms with van der Waals surface area (Å²) in [5.41, 5.74) is 1.72. The first kappa shape index (κ1) is 26.1. The van der Waals surface area contributed by atoms with Crippen molar-refractivity contribution in [2.45, 2.75) is 32.0 Å². The number of nitrogen functional groups attached to an aromatic ring is 1. The number of nitrogens with zero attached hydrogens (tertiary/aromatic N) is 4. The number of hydrogen-bond acceptors (Lipinski definition) is 6. The second-order valence-electron chi connectivity index (χ2n) is 10.0. The van der Waals surface area contributed by atoms with Gasteiger partial charge in [-0.3, -0.25) is 24.0 Å². The summed E-state index contributed by atoms with van der Waals surface area (Å²) in [6, 6.07) is 9.32. The van der Waals surface area contributed by atoms with Gasteiger partial charge in [0.2, 0.25) is 0 Å². The number of β-amino-alcohol motifs (C(OH)–C–C–N with tert-alkyl or cyclic N) is 1. The van der Waals surface area contributed by atoms with Crippen molar-refractivity contribution in [1.29, 1.82) is 0 Å². The Morgan fingerprint density at radius 1 is 1.08 bits per heavy atom. The van der Waals surface area contributed by atoms with Crippen LogP contribution in [0.3, 0.4) is 0 Å². The van der Waals surface area contributed by atoms with E-state index in [1.165, 1.54) is 40.0 Å². The summed E-state index contributed by atoms with van der Waals surface area (Å²) in [5, 5.41) is 10.3. The van der Waals surface area contributed by atoms with E-state index in [0.717, 1.165) is 5.56 Å². The number of halogens is 2. The second-order valence-corrected chi connectivity index (χ2v) is 10.4. The van der Waals surface area contributed by atoms with Crippen LogP contribution < -0.4 is 5.84 Å². The zero-order valence-corrected chi connectivity index (χ0v) is 21.7. The lowest BCUT2D eigenvalue weighted by Gasteiger charge is -2.40. The lowest BCUT2D eigenvalue weighted by molar-refractivity contribution is -0.125. The average molecular weight is 542 g/mol. The molecule has 2 amide bonds. The molecule has 0 bridgehead atoms. The molecule has 0 aliphatic carbocycles. The second kappa shape index (κ2) is 10.4. The van der Waals surface area contributed by atoms with Crippen LogP contribution in [0.4, 0.5) is 4.39 Å². The molecule has 200 valence electrons. The van der Waals surface area contributed by atoms with Crippen LogP contribution in [0.25, 0.3) is 10.9 Å². The third-order valence-electron chi connectivity index (χ3n) is 7.33. The van der Waals surface area contributed by atoms with Gasteiger partial charge in [0.15, 0.2) is 0 Å². The van der Waals surface area contributed by atoms with Crippen LogP contribution in [0.5, 0.6) is 0 Å². The number of benzene rings is 2. The fraction of sp³-hybridized carbons (Fsp3) is 0.370. The van der Waals surface area contributed by atoms with Crippen molar-refractivity contribution in [2.75, 3.05) is 38.6 Å². The Kier molecular flexibility index (Phi) is 7.13. The molecule has 0 saturated carbocycles. The predicted molar refractivity (Wildman–Crippen MR) is 141 cm³/mol. The number of carbonyl (C=O) groups is 3. The van der Waals surface area contributed by atoms with E-state index >= 15 is 0 Å². The molecular weight excluding hydrogens is 513 g/mol. The van der Waals surface area contributed by atoms with Gasteiger partial charge in [0.25, 0.3) is 17.6 Å². The molecule has 2 aliphatic rings. The number of piperazine rings is 1. The monoisotopic (exact) mass is 541 g/mol. The normalized spacial score (nSPS) is 20.3. The zero-order chi connectivity index (χ0) is 27.1. The van der Waals surface area contributed by atoms with Gasteiger partial charge in [-0.25, -0.2) is 4.39 Å². The van der Waals surface area contributed by atoms with E-state index in [0.29, 0.717) is 50.0 Å². The van der Waals surface area contributed by atoms with Gasteiger partial charge in [0, 0.05) is 56.9 Å². The molecule has 0 spiro atoms. The first-order chi connectivity index (χ1) is 18.1. The van der Waals surface area contributed by atoms with E-state index in [1.54, 1.807) is 17.0 Å². The van der Waals surface area contributed by atoms with Gasteiger partial charge in [0.1, 0.15) is 5.82 Å². The van der Waals surface area contributed by atoms with Gasteiger partial charge in [-0.2, -0.15) is 0 Å². The Morgan fingerprint density at radius 3 is 2.47 bits per heavy atom. The molecular formula is C27H29ClFN5O4. The van der Waals surface area contributed by atoms with E-state index in [4.69, 9.17) is 17.4 Å². The summed E-state index contributed by atoms with van der Waals surface area (Å²) in [6.45, 7) is 4.73. The molecule has 3 aromatic rings. The Labute approximate surface area is 224 Å². The van der Waals surface area contributed by atoms with Crippen molar-refractivity contribution < 1.29 is 23.9 Å². The highest BCUT2D eigenvalue weighted by Gasteiger charge is 2.33. The lowest BCUT2D eigenvalue weighted by Crippen LogP contribution is -2.53. The summed E-state index contributed by atoms with van der Waals surface area (Å²) in [7, 11) is 0. The van der Waals surface area contributed by atoms with Crippen molar-refractivity contribution in [3.8, 4) is 0 Å². The molecule has 9 nitrogen and oxygen atoms in total. The molecule has 1 aromatic heterocycles. The molecule has 38 heavy (non-hydrogen) atoms. The third kappa shape index (κ3) is 4.99. The Balaban J connectivity index is 1.36. The van der Waals surface area contributed by atoms with Crippen LogP contribution in [-0.2, 0) is 11.3 Å². The largest absolute Gasteiger partial charge is 0.391 e. The highest BCUT2D eigenvalue weighted by Crippen LogP contribution is 2.30. The fourth-order valence-corrected chi connectivity index (χ4v) is 5.52. The Bertz CT molecular complexity index is 1410. The minimum absolute atomic E-state index is 0.0803. The molecule has 2 unspecified atom stereocenters. The van der Waals surface area contributed by atoms with E-state index in [1.807, 2.05) is 6.92 Å².